The topological polar surface area (TPSA) is 55.0 Å². The maximum absolute atomic E-state index is 11.2. The van der Waals surface area contributed by atoms with Crippen LogP contribution in [-0.4, -0.2) is 22.8 Å². The lowest BCUT2D eigenvalue weighted by Gasteiger charge is -1.99. The molecule has 1 aromatic heterocycles. The van der Waals surface area contributed by atoms with Crippen molar-refractivity contribution in [3.63, 3.8) is 0 Å². The number of rotatable bonds is 2. The Morgan fingerprint density at radius 1 is 1.75 bits per heavy atom. The van der Waals surface area contributed by atoms with E-state index in [9.17, 15) is 4.79 Å². The Morgan fingerprint density at radius 2 is 2.42 bits per heavy atom. The van der Waals surface area contributed by atoms with Crippen LogP contribution in [0.15, 0.2) is 4.60 Å². The van der Waals surface area contributed by atoms with Gasteiger partial charge in [-0.3, -0.25) is 5.10 Å². The fourth-order valence-corrected chi connectivity index (χ4v) is 1.38. The van der Waals surface area contributed by atoms with Gasteiger partial charge in [0.2, 0.25) is 0 Å². The highest BCUT2D eigenvalue weighted by molar-refractivity contribution is 9.10. The lowest BCUT2D eigenvalue weighted by Crippen LogP contribution is -2.05. The van der Waals surface area contributed by atoms with Crippen LogP contribution in [0.2, 0.25) is 0 Å². The predicted octanol–water partition coefficient (Wildman–Crippen LogP) is 1.66. The van der Waals surface area contributed by atoms with Crippen LogP contribution in [0.4, 0.5) is 0 Å². The van der Waals surface area contributed by atoms with E-state index in [1.807, 2.05) is 0 Å². The molecule has 0 amide bonds. The average Bonchev–Trinajstić information content (AvgIpc) is 2.32. The quantitative estimate of drug-likeness (QED) is 0.790. The number of carbonyl (C=O) groups is 1. The first-order valence-corrected chi connectivity index (χ1v) is 4.33. The summed E-state index contributed by atoms with van der Waals surface area (Å²) in [5.74, 6) is -0.351. The zero-order valence-corrected chi connectivity index (χ0v) is 8.43. The minimum absolute atomic E-state index is 0.351. The van der Waals surface area contributed by atoms with Gasteiger partial charge in [0.15, 0.2) is 0 Å². The second-order valence-corrected chi connectivity index (χ2v) is 3.01. The second kappa shape index (κ2) is 3.71. The molecule has 0 spiro atoms. The summed E-state index contributed by atoms with van der Waals surface area (Å²) < 4.78 is 5.39. The molecule has 66 valence electrons. The molecule has 0 aliphatic carbocycles. The van der Waals surface area contributed by atoms with Gasteiger partial charge in [-0.15, -0.1) is 0 Å². The number of carbonyl (C=O) groups excluding carboxylic acids is 1. The molecule has 0 bridgehead atoms. The van der Waals surface area contributed by atoms with Crippen LogP contribution >= 0.6 is 15.9 Å². The number of aromatic amines is 1. The van der Waals surface area contributed by atoms with Crippen LogP contribution in [0.25, 0.3) is 0 Å². The number of halogens is 1. The summed E-state index contributed by atoms with van der Waals surface area (Å²) in [6, 6.07) is 0. The third kappa shape index (κ3) is 1.66. The van der Waals surface area contributed by atoms with E-state index in [4.69, 9.17) is 4.74 Å². The first-order chi connectivity index (χ1) is 5.66. The number of hydrogen-bond acceptors (Lipinski definition) is 3. The maximum atomic E-state index is 11.2. The minimum atomic E-state index is -0.351. The lowest BCUT2D eigenvalue weighted by molar-refractivity contribution is 0.0524. The van der Waals surface area contributed by atoms with Crippen molar-refractivity contribution < 1.29 is 9.53 Å². The van der Waals surface area contributed by atoms with Crippen LogP contribution in [0.3, 0.4) is 0 Å². The van der Waals surface area contributed by atoms with Gasteiger partial charge in [-0.1, -0.05) is 0 Å². The number of nitrogens with zero attached hydrogens (tertiary/aromatic N) is 1. The molecule has 0 aliphatic heterocycles. The third-order valence-electron chi connectivity index (χ3n) is 1.38. The summed E-state index contributed by atoms with van der Waals surface area (Å²) in [6.45, 7) is 3.88. The standard InChI is InChI=1S/C7H9BrN2O2/c1-3-12-7(11)5-4(2)9-10-6(5)8/h3H2,1-2H3,(H,9,10). The Hall–Kier alpha value is -0.840. The van der Waals surface area contributed by atoms with Crippen LogP contribution < -0.4 is 0 Å². The molecule has 0 atom stereocenters. The minimum Gasteiger partial charge on any atom is -0.462 e. The summed E-state index contributed by atoms with van der Waals surface area (Å²) in [5, 5.41) is 6.49. The van der Waals surface area contributed by atoms with Crippen molar-refractivity contribution in [2.75, 3.05) is 6.61 Å². The number of esters is 1. The zero-order chi connectivity index (χ0) is 9.14. The van der Waals surface area contributed by atoms with Gasteiger partial charge in [0.05, 0.1) is 12.3 Å². The molecular formula is C7H9BrN2O2. The Morgan fingerprint density at radius 3 is 2.83 bits per heavy atom. The summed E-state index contributed by atoms with van der Waals surface area (Å²) in [4.78, 5) is 11.2. The first kappa shape index (κ1) is 9.25. The summed E-state index contributed by atoms with van der Waals surface area (Å²) in [6.07, 6.45) is 0. The molecule has 1 aromatic rings. The fourth-order valence-electron chi connectivity index (χ4n) is 0.844. The van der Waals surface area contributed by atoms with Gasteiger partial charge in [0, 0.05) is 0 Å². The van der Waals surface area contributed by atoms with Gasteiger partial charge in [-0.2, -0.15) is 5.10 Å². The summed E-state index contributed by atoms with van der Waals surface area (Å²) in [5.41, 5.74) is 1.11. The molecule has 1 rings (SSSR count). The van der Waals surface area contributed by atoms with Gasteiger partial charge in [0.1, 0.15) is 10.2 Å². The number of H-pyrrole nitrogens is 1. The van der Waals surface area contributed by atoms with E-state index in [1.165, 1.54) is 0 Å². The van der Waals surface area contributed by atoms with E-state index < -0.39 is 0 Å². The smallest absolute Gasteiger partial charge is 0.342 e. The van der Waals surface area contributed by atoms with Gasteiger partial charge >= 0.3 is 5.97 Å². The van der Waals surface area contributed by atoms with Crippen LogP contribution in [0, 0.1) is 6.92 Å². The summed E-state index contributed by atoms with van der Waals surface area (Å²) >= 11 is 3.17. The number of nitrogens with one attached hydrogen (secondary N) is 1. The monoisotopic (exact) mass is 232 g/mol. The van der Waals surface area contributed by atoms with E-state index >= 15 is 0 Å². The van der Waals surface area contributed by atoms with Crippen molar-refractivity contribution in [2.45, 2.75) is 13.8 Å². The van der Waals surface area contributed by atoms with Gasteiger partial charge < -0.3 is 4.74 Å². The number of aryl methyl sites for hydroxylation is 1. The Bertz CT molecular complexity index is 276. The Kier molecular flexibility index (Phi) is 2.86. The number of aromatic nitrogens is 2. The zero-order valence-electron chi connectivity index (χ0n) is 6.85. The van der Waals surface area contributed by atoms with Gasteiger partial charge in [-0.05, 0) is 29.8 Å². The van der Waals surface area contributed by atoms with E-state index in [2.05, 4.69) is 26.1 Å². The number of ether oxygens (including phenoxy) is 1. The molecule has 0 saturated heterocycles. The van der Waals surface area contributed by atoms with Crippen molar-refractivity contribution in [1.29, 1.82) is 0 Å². The molecule has 0 aliphatic rings. The molecule has 0 fully saturated rings. The fraction of sp³-hybridized carbons (Fsp3) is 0.429. The highest BCUT2D eigenvalue weighted by Crippen LogP contribution is 2.17. The molecular weight excluding hydrogens is 224 g/mol. The number of hydrogen-bond donors (Lipinski definition) is 1. The average molecular weight is 233 g/mol. The van der Waals surface area contributed by atoms with E-state index in [0.717, 1.165) is 0 Å². The van der Waals surface area contributed by atoms with Crippen LogP contribution in [0.1, 0.15) is 23.0 Å². The SMILES string of the molecule is CCOC(=O)c1c(C)n[nH]c1Br. The van der Waals surface area contributed by atoms with Crippen molar-refractivity contribution in [1.82, 2.24) is 10.2 Å². The van der Waals surface area contributed by atoms with Crippen LogP contribution in [0.5, 0.6) is 0 Å². The highest BCUT2D eigenvalue weighted by Gasteiger charge is 2.16. The molecule has 0 saturated carbocycles. The van der Waals surface area contributed by atoms with Crippen LogP contribution in [-0.2, 0) is 4.74 Å². The Labute approximate surface area is 78.4 Å². The highest BCUT2D eigenvalue weighted by atomic mass is 79.9. The maximum Gasteiger partial charge on any atom is 0.342 e. The molecule has 0 unspecified atom stereocenters. The normalized spacial score (nSPS) is 9.92. The molecule has 12 heavy (non-hydrogen) atoms. The van der Waals surface area contributed by atoms with Gasteiger partial charge in [-0.25, -0.2) is 4.79 Å². The molecule has 1 heterocycles. The lowest BCUT2D eigenvalue weighted by atomic mass is 10.3. The molecule has 4 nitrogen and oxygen atoms in total. The van der Waals surface area contributed by atoms with Gasteiger partial charge in [0.25, 0.3) is 0 Å². The van der Waals surface area contributed by atoms with E-state index in [1.54, 1.807) is 13.8 Å². The third-order valence-corrected chi connectivity index (χ3v) is 1.96. The Balaban J connectivity index is 2.93. The first-order valence-electron chi connectivity index (χ1n) is 3.54. The van der Waals surface area contributed by atoms with E-state index in [0.29, 0.717) is 22.5 Å². The van der Waals surface area contributed by atoms with Crippen molar-refractivity contribution in [2.24, 2.45) is 0 Å². The van der Waals surface area contributed by atoms with E-state index in [-0.39, 0.29) is 5.97 Å². The van der Waals surface area contributed by atoms with Crippen molar-refractivity contribution >= 4 is 21.9 Å². The summed E-state index contributed by atoms with van der Waals surface area (Å²) in [7, 11) is 0. The largest absolute Gasteiger partial charge is 0.462 e. The molecule has 0 radical (unpaired) electrons. The van der Waals surface area contributed by atoms with Crippen molar-refractivity contribution in [3.05, 3.63) is 15.9 Å². The molecule has 1 N–H and O–H groups in total. The molecule has 0 aromatic carbocycles. The second-order valence-electron chi connectivity index (χ2n) is 2.22. The predicted molar refractivity (Wildman–Crippen MR) is 47.0 cm³/mol. The molecule has 5 heteroatoms. The van der Waals surface area contributed by atoms with Crippen molar-refractivity contribution in [3.8, 4) is 0 Å².